The molecule has 1 aliphatic heterocycles. The van der Waals surface area contributed by atoms with Gasteiger partial charge in [0, 0.05) is 49.9 Å². The number of fused-ring (bicyclic) bond motifs is 1. The predicted octanol–water partition coefficient (Wildman–Crippen LogP) is 4.22. The van der Waals surface area contributed by atoms with Gasteiger partial charge in [-0.25, -0.2) is 15.0 Å². The smallest absolute Gasteiger partial charge is 0.226 e. The molecule has 0 N–H and O–H groups in total. The number of nitrogens with zero attached hydrogens (tertiary/aromatic N) is 5. The number of oxazole rings is 1. The summed E-state index contributed by atoms with van der Waals surface area (Å²) in [5, 5.41) is 1.07. The lowest BCUT2D eigenvalue weighted by atomic mass is 10.1. The Balaban J connectivity index is 1.26. The molecule has 2 aromatic heterocycles. The standard InChI is InChI=1S/C24H25N5O/c1-17-7-3-5-9-20(17)23-26-22(18(2)30-23)16-28-11-13-29(14-12-28)24-25-15-19-8-4-6-10-21(19)27-24/h3-10,15H,11-14,16H2,1-2H3. The van der Waals surface area contributed by atoms with E-state index >= 15 is 0 Å². The minimum Gasteiger partial charge on any atom is -0.441 e. The molecule has 0 spiro atoms. The van der Waals surface area contributed by atoms with Gasteiger partial charge in [-0.1, -0.05) is 36.4 Å². The van der Waals surface area contributed by atoms with E-state index in [-0.39, 0.29) is 0 Å². The first kappa shape index (κ1) is 18.8. The number of hydrogen-bond acceptors (Lipinski definition) is 6. The SMILES string of the molecule is Cc1ccccc1-c1nc(CN2CCN(c3ncc4ccccc4n3)CC2)c(C)o1. The Labute approximate surface area is 176 Å². The molecule has 5 rings (SSSR count). The third kappa shape index (κ3) is 3.66. The highest BCUT2D eigenvalue weighted by Gasteiger charge is 2.22. The molecule has 30 heavy (non-hydrogen) atoms. The first-order valence-corrected chi connectivity index (χ1v) is 10.4. The van der Waals surface area contributed by atoms with E-state index in [1.807, 2.05) is 49.5 Å². The lowest BCUT2D eigenvalue weighted by Crippen LogP contribution is -2.46. The highest BCUT2D eigenvalue weighted by atomic mass is 16.4. The van der Waals surface area contributed by atoms with Gasteiger partial charge in [0.25, 0.3) is 0 Å². The average Bonchev–Trinajstić information content (AvgIpc) is 3.14. The van der Waals surface area contributed by atoms with Crippen LogP contribution in [-0.4, -0.2) is 46.0 Å². The number of anilines is 1. The fourth-order valence-corrected chi connectivity index (χ4v) is 3.94. The third-order valence-electron chi connectivity index (χ3n) is 5.77. The van der Waals surface area contributed by atoms with Crippen LogP contribution >= 0.6 is 0 Å². The van der Waals surface area contributed by atoms with Crippen LogP contribution in [0.1, 0.15) is 17.0 Å². The second kappa shape index (κ2) is 7.88. The number of aryl methyl sites for hydroxylation is 2. The van der Waals surface area contributed by atoms with Crippen molar-refractivity contribution >= 4 is 16.9 Å². The van der Waals surface area contributed by atoms with Gasteiger partial charge in [-0.2, -0.15) is 0 Å². The number of piperazine rings is 1. The lowest BCUT2D eigenvalue weighted by molar-refractivity contribution is 0.245. The molecule has 0 atom stereocenters. The van der Waals surface area contributed by atoms with E-state index in [1.165, 1.54) is 5.56 Å². The lowest BCUT2D eigenvalue weighted by Gasteiger charge is -2.34. The summed E-state index contributed by atoms with van der Waals surface area (Å²) in [6, 6.07) is 16.3. The van der Waals surface area contributed by atoms with Crippen LogP contribution in [-0.2, 0) is 6.54 Å². The molecule has 1 fully saturated rings. The molecular weight excluding hydrogens is 374 g/mol. The Bertz CT molecular complexity index is 1180. The molecule has 0 amide bonds. The van der Waals surface area contributed by atoms with Crippen LogP contribution in [0.3, 0.4) is 0 Å². The van der Waals surface area contributed by atoms with E-state index < -0.39 is 0 Å². The minimum atomic E-state index is 0.712. The molecule has 6 nitrogen and oxygen atoms in total. The van der Waals surface area contributed by atoms with Gasteiger partial charge < -0.3 is 9.32 Å². The molecule has 1 saturated heterocycles. The Kier molecular flexibility index (Phi) is 4.93. The van der Waals surface area contributed by atoms with Crippen LogP contribution in [0.25, 0.3) is 22.4 Å². The number of benzene rings is 2. The molecule has 2 aromatic carbocycles. The maximum atomic E-state index is 5.99. The van der Waals surface area contributed by atoms with Gasteiger partial charge in [0.1, 0.15) is 5.76 Å². The second-order valence-electron chi connectivity index (χ2n) is 7.83. The number of hydrogen-bond donors (Lipinski definition) is 0. The van der Waals surface area contributed by atoms with E-state index in [0.717, 1.165) is 66.6 Å². The zero-order valence-electron chi connectivity index (χ0n) is 17.4. The molecule has 0 aliphatic carbocycles. The van der Waals surface area contributed by atoms with Gasteiger partial charge >= 0.3 is 0 Å². The molecule has 0 radical (unpaired) electrons. The van der Waals surface area contributed by atoms with Gasteiger partial charge in [-0.05, 0) is 31.5 Å². The molecular formula is C24H25N5O. The number of para-hydroxylation sites is 1. The predicted molar refractivity (Wildman–Crippen MR) is 118 cm³/mol. The normalized spacial score (nSPS) is 15.1. The summed E-state index contributed by atoms with van der Waals surface area (Å²) in [6.45, 7) is 8.59. The highest BCUT2D eigenvalue weighted by Crippen LogP contribution is 2.25. The third-order valence-corrected chi connectivity index (χ3v) is 5.77. The zero-order chi connectivity index (χ0) is 20.5. The molecule has 6 heteroatoms. The Morgan fingerprint density at radius 1 is 0.900 bits per heavy atom. The van der Waals surface area contributed by atoms with Crippen molar-refractivity contribution in [1.29, 1.82) is 0 Å². The second-order valence-corrected chi connectivity index (χ2v) is 7.83. The molecule has 1 aliphatic rings. The van der Waals surface area contributed by atoms with Crippen molar-refractivity contribution in [3.63, 3.8) is 0 Å². The van der Waals surface area contributed by atoms with Crippen LogP contribution < -0.4 is 4.90 Å². The van der Waals surface area contributed by atoms with Crippen molar-refractivity contribution in [2.75, 3.05) is 31.1 Å². The fraction of sp³-hybridized carbons (Fsp3) is 0.292. The van der Waals surface area contributed by atoms with Crippen molar-refractivity contribution < 1.29 is 4.42 Å². The van der Waals surface area contributed by atoms with E-state index in [2.05, 4.69) is 33.8 Å². The minimum absolute atomic E-state index is 0.712. The van der Waals surface area contributed by atoms with Gasteiger partial charge in [-0.15, -0.1) is 0 Å². The molecule has 0 saturated carbocycles. The summed E-state index contributed by atoms with van der Waals surface area (Å²) in [5.74, 6) is 2.42. The summed E-state index contributed by atoms with van der Waals surface area (Å²) in [7, 11) is 0. The van der Waals surface area contributed by atoms with Crippen molar-refractivity contribution in [1.82, 2.24) is 19.9 Å². The highest BCUT2D eigenvalue weighted by molar-refractivity contribution is 5.78. The van der Waals surface area contributed by atoms with Crippen LogP contribution in [0, 0.1) is 13.8 Å². The quantitative estimate of drug-likeness (QED) is 0.512. The molecule has 0 unspecified atom stereocenters. The van der Waals surface area contributed by atoms with Crippen LogP contribution in [0.15, 0.2) is 59.1 Å². The number of rotatable bonds is 4. The monoisotopic (exact) mass is 399 g/mol. The van der Waals surface area contributed by atoms with E-state index in [1.54, 1.807) is 0 Å². The molecule has 0 bridgehead atoms. The van der Waals surface area contributed by atoms with Crippen molar-refractivity contribution in [3.8, 4) is 11.5 Å². The maximum Gasteiger partial charge on any atom is 0.226 e. The molecule has 3 heterocycles. The van der Waals surface area contributed by atoms with Gasteiger partial charge in [0.2, 0.25) is 11.8 Å². The molecule has 4 aromatic rings. The van der Waals surface area contributed by atoms with E-state index in [0.29, 0.717) is 5.89 Å². The first-order chi connectivity index (χ1) is 14.7. The van der Waals surface area contributed by atoms with Crippen LogP contribution in [0.4, 0.5) is 5.95 Å². The Hall–Kier alpha value is -3.25. The Morgan fingerprint density at radius 2 is 1.67 bits per heavy atom. The van der Waals surface area contributed by atoms with Crippen LogP contribution in [0.2, 0.25) is 0 Å². The van der Waals surface area contributed by atoms with Crippen molar-refractivity contribution in [2.45, 2.75) is 20.4 Å². The summed E-state index contributed by atoms with van der Waals surface area (Å²) >= 11 is 0. The molecule has 152 valence electrons. The topological polar surface area (TPSA) is 58.3 Å². The summed E-state index contributed by atoms with van der Waals surface area (Å²) in [5.41, 5.74) is 4.25. The first-order valence-electron chi connectivity index (χ1n) is 10.4. The Morgan fingerprint density at radius 3 is 2.50 bits per heavy atom. The summed E-state index contributed by atoms with van der Waals surface area (Å²) in [4.78, 5) is 18.8. The van der Waals surface area contributed by atoms with E-state index in [4.69, 9.17) is 14.4 Å². The summed E-state index contributed by atoms with van der Waals surface area (Å²) in [6.07, 6.45) is 1.91. The summed E-state index contributed by atoms with van der Waals surface area (Å²) < 4.78 is 5.99. The number of aromatic nitrogens is 3. The van der Waals surface area contributed by atoms with Gasteiger partial charge in [-0.3, -0.25) is 4.90 Å². The van der Waals surface area contributed by atoms with Gasteiger partial charge in [0.05, 0.1) is 11.2 Å². The van der Waals surface area contributed by atoms with E-state index in [9.17, 15) is 0 Å². The van der Waals surface area contributed by atoms with Crippen LogP contribution in [0.5, 0.6) is 0 Å². The fourth-order valence-electron chi connectivity index (χ4n) is 3.94. The van der Waals surface area contributed by atoms with Crippen molar-refractivity contribution in [2.24, 2.45) is 0 Å². The van der Waals surface area contributed by atoms with Gasteiger partial charge in [0.15, 0.2) is 0 Å². The maximum absolute atomic E-state index is 5.99. The van der Waals surface area contributed by atoms with Crippen molar-refractivity contribution in [3.05, 3.63) is 71.7 Å². The zero-order valence-corrected chi connectivity index (χ0v) is 17.4. The largest absolute Gasteiger partial charge is 0.441 e. The average molecular weight is 399 g/mol.